The summed E-state index contributed by atoms with van der Waals surface area (Å²) >= 11 is 0. The van der Waals surface area contributed by atoms with E-state index in [0.29, 0.717) is 31.3 Å². The van der Waals surface area contributed by atoms with E-state index in [4.69, 9.17) is 23.7 Å². The van der Waals surface area contributed by atoms with E-state index < -0.39 is 23.7 Å². The van der Waals surface area contributed by atoms with E-state index >= 15 is 0 Å². The number of carboxylic acid groups (broad SMARTS) is 1. The predicted molar refractivity (Wildman–Crippen MR) is 131 cm³/mol. The molecule has 192 valence electrons. The van der Waals surface area contributed by atoms with Gasteiger partial charge in [0.2, 0.25) is 0 Å². The summed E-state index contributed by atoms with van der Waals surface area (Å²) in [7, 11) is 4.79. The Morgan fingerprint density at radius 1 is 0.943 bits per heavy atom. The van der Waals surface area contributed by atoms with Crippen LogP contribution in [0.1, 0.15) is 31.9 Å². The smallest absolute Gasteiger partial charge is 0.408 e. The molecule has 2 rings (SSSR count). The number of carbonyl (C=O) groups excluding carboxylic acids is 1. The number of ether oxygens (including phenoxy) is 5. The summed E-state index contributed by atoms with van der Waals surface area (Å²) in [4.78, 5) is 23.7. The zero-order chi connectivity index (χ0) is 26.0. The summed E-state index contributed by atoms with van der Waals surface area (Å²) in [5.41, 5.74) is 2.51. The lowest BCUT2D eigenvalue weighted by Gasteiger charge is -2.22. The lowest BCUT2D eigenvalue weighted by molar-refractivity contribution is -0.139. The number of rotatable bonds is 12. The first-order valence-corrected chi connectivity index (χ1v) is 11.2. The molecule has 1 unspecified atom stereocenters. The standard InChI is InChI=1S/C26H35NO8/c1-26(2,3)35-25(30)27-20(24(28)29)13-17-7-9-19(10-8-17)23-21(32-5)14-18(15-22(23)33-6)16-34-12-11-31-4/h7-10,14-15,20H,11-13,16H2,1-6H3,(H,27,30)(H,28,29). The largest absolute Gasteiger partial charge is 0.496 e. The number of hydrogen-bond donors (Lipinski definition) is 2. The van der Waals surface area contributed by atoms with Crippen molar-refractivity contribution in [2.45, 2.75) is 45.4 Å². The van der Waals surface area contributed by atoms with Crippen LogP contribution in [0.5, 0.6) is 11.5 Å². The van der Waals surface area contributed by atoms with Gasteiger partial charge in [0.1, 0.15) is 23.1 Å². The fraction of sp³-hybridized carbons (Fsp3) is 0.462. The second-order valence-corrected chi connectivity index (χ2v) is 8.86. The van der Waals surface area contributed by atoms with Gasteiger partial charge < -0.3 is 34.1 Å². The Morgan fingerprint density at radius 2 is 1.54 bits per heavy atom. The highest BCUT2D eigenvalue weighted by Gasteiger charge is 2.24. The van der Waals surface area contributed by atoms with Crippen LogP contribution in [0.25, 0.3) is 11.1 Å². The minimum absolute atomic E-state index is 0.0981. The monoisotopic (exact) mass is 489 g/mol. The van der Waals surface area contributed by atoms with Crippen LogP contribution in [-0.2, 0) is 32.0 Å². The number of methoxy groups -OCH3 is 3. The molecule has 0 saturated carbocycles. The molecule has 2 N–H and O–H groups in total. The molecule has 35 heavy (non-hydrogen) atoms. The van der Waals surface area contributed by atoms with Gasteiger partial charge in [-0.05, 0) is 49.6 Å². The van der Waals surface area contributed by atoms with Crippen LogP contribution >= 0.6 is 0 Å². The highest BCUT2D eigenvalue weighted by Crippen LogP contribution is 2.40. The molecule has 0 aliphatic rings. The lowest BCUT2D eigenvalue weighted by atomic mass is 9.98. The number of nitrogens with one attached hydrogen (secondary N) is 1. The molecule has 0 aliphatic heterocycles. The van der Waals surface area contributed by atoms with Crippen molar-refractivity contribution in [1.82, 2.24) is 5.32 Å². The molecule has 1 atom stereocenters. The van der Waals surface area contributed by atoms with Crippen molar-refractivity contribution in [3.63, 3.8) is 0 Å². The third-order valence-electron chi connectivity index (χ3n) is 4.94. The fourth-order valence-corrected chi connectivity index (χ4v) is 3.36. The molecule has 1 amide bonds. The Morgan fingerprint density at radius 3 is 2.03 bits per heavy atom. The third-order valence-corrected chi connectivity index (χ3v) is 4.94. The second kappa shape index (κ2) is 13.0. The molecular formula is C26H35NO8. The maximum atomic E-state index is 12.0. The minimum atomic E-state index is -1.15. The number of benzene rings is 2. The molecule has 0 radical (unpaired) electrons. The summed E-state index contributed by atoms with van der Waals surface area (Å²) in [5.74, 6) is 0.0986. The van der Waals surface area contributed by atoms with Crippen LogP contribution in [0.4, 0.5) is 4.79 Å². The molecule has 0 heterocycles. The van der Waals surface area contributed by atoms with E-state index in [9.17, 15) is 14.7 Å². The number of alkyl carbamates (subject to hydrolysis) is 1. The molecule has 0 spiro atoms. The number of carbonyl (C=O) groups is 2. The van der Waals surface area contributed by atoms with Gasteiger partial charge in [0.05, 0.1) is 39.6 Å². The van der Waals surface area contributed by atoms with Crippen molar-refractivity contribution in [2.24, 2.45) is 0 Å². The summed E-state index contributed by atoms with van der Waals surface area (Å²) in [5, 5.41) is 12.0. The number of carboxylic acids is 1. The molecule has 2 aromatic rings. The van der Waals surface area contributed by atoms with Crippen molar-refractivity contribution in [1.29, 1.82) is 0 Å². The van der Waals surface area contributed by atoms with Crippen molar-refractivity contribution < 1.29 is 38.4 Å². The highest BCUT2D eigenvalue weighted by molar-refractivity contribution is 5.81. The maximum absolute atomic E-state index is 12.0. The molecule has 2 aromatic carbocycles. The Labute approximate surface area is 206 Å². The van der Waals surface area contributed by atoms with Gasteiger partial charge in [0.25, 0.3) is 0 Å². The average molecular weight is 490 g/mol. The fourth-order valence-electron chi connectivity index (χ4n) is 3.36. The molecule has 0 aromatic heterocycles. The van der Waals surface area contributed by atoms with Gasteiger partial charge in [-0.15, -0.1) is 0 Å². The molecule has 0 aliphatic carbocycles. The quantitative estimate of drug-likeness (QED) is 0.430. The van der Waals surface area contributed by atoms with E-state index in [-0.39, 0.29) is 6.42 Å². The minimum Gasteiger partial charge on any atom is -0.496 e. The van der Waals surface area contributed by atoms with Crippen LogP contribution in [-0.4, -0.2) is 63.4 Å². The van der Waals surface area contributed by atoms with Crippen LogP contribution < -0.4 is 14.8 Å². The zero-order valence-corrected chi connectivity index (χ0v) is 21.2. The van der Waals surface area contributed by atoms with Gasteiger partial charge in [-0.2, -0.15) is 0 Å². The third kappa shape index (κ3) is 8.77. The molecular weight excluding hydrogens is 454 g/mol. The maximum Gasteiger partial charge on any atom is 0.408 e. The lowest BCUT2D eigenvalue weighted by Crippen LogP contribution is -2.44. The zero-order valence-electron chi connectivity index (χ0n) is 21.2. The van der Waals surface area contributed by atoms with E-state index in [2.05, 4.69) is 5.32 Å². The van der Waals surface area contributed by atoms with Gasteiger partial charge in [-0.25, -0.2) is 9.59 Å². The van der Waals surface area contributed by atoms with E-state index in [1.807, 2.05) is 36.4 Å². The number of aliphatic carboxylic acids is 1. The van der Waals surface area contributed by atoms with Crippen LogP contribution in [0.2, 0.25) is 0 Å². The predicted octanol–water partition coefficient (Wildman–Crippen LogP) is 4.05. The normalized spacial score (nSPS) is 12.1. The van der Waals surface area contributed by atoms with Crippen LogP contribution in [0.3, 0.4) is 0 Å². The van der Waals surface area contributed by atoms with Gasteiger partial charge in [-0.3, -0.25) is 0 Å². The SMILES string of the molecule is COCCOCc1cc(OC)c(-c2ccc(CC(NC(=O)OC(C)(C)C)C(=O)O)cc2)c(OC)c1. The van der Waals surface area contributed by atoms with Gasteiger partial charge >= 0.3 is 12.1 Å². The van der Waals surface area contributed by atoms with E-state index in [0.717, 1.165) is 22.3 Å². The van der Waals surface area contributed by atoms with Crippen LogP contribution in [0.15, 0.2) is 36.4 Å². The van der Waals surface area contributed by atoms with E-state index in [1.165, 1.54) is 0 Å². The summed E-state index contributed by atoms with van der Waals surface area (Å²) < 4.78 is 27.0. The van der Waals surface area contributed by atoms with Gasteiger partial charge in [0, 0.05) is 13.5 Å². The van der Waals surface area contributed by atoms with Crippen molar-refractivity contribution in [2.75, 3.05) is 34.5 Å². The highest BCUT2D eigenvalue weighted by atomic mass is 16.6. The first-order valence-electron chi connectivity index (χ1n) is 11.2. The molecule has 9 nitrogen and oxygen atoms in total. The summed E-state index contributed by atoms with van der Waals surface area (Å²) in [6, 6.07) is 9.99. The van der Waals surface area contributed by atoms with Crippen LogP contribution in [0, 0.1) is 0 Å². The Bertz CT molecular complexity index is 957. The average Bonchev–Trinajstić information content (AvgIpc) is 2.80. The van der Waals surface area contributed by atoms with Gasteiger partial charge in [-0.1, -0.05) is 24.3 Å². The van der Waals surface area contributed by atoms with E-state index in [1.54, 1.807) is 42.1 Å². The number of amides is 1. The number of hydrogen-bond acceptors (Lipinski definition) is 7. The first-order chi connectivity index (χ1) is 16.6. The topological polar surface area (TPSA) is 113 Å². The Balaban J connectivity index is 2.21. The second-order valence-electron chi connectivity index (χ2n) is 8.86. The van der Waals surface area contributed by atoms with Crippen molar-refractivity contribution in [3.8, 4) is 22.6 Å². The molecule has 0 fully saturated rings. The Hall–Kier alpha value is -3.30. The summed E-state index contributed by atoms with van der Waals surface area (Å²) in [6.07, 6.45) is -0.678. The Kier molecular flexibility index (Phi) is 10.4. The first kappa shape index (κ1) is 27.9. The van der Waals surface area contributed by atoms with Gasteiger partial charge in [0.15, 0.2) is 0 Å². The molecule has 0 saturated heterocycles. The van der Waals surface area contributed by atoms with Crippen molar-refractivity contribution >= 4 is 12.1 Å². The molecule has 9 heteroatoms. The molecule has 0 bridgehead atoms. The van der Waals surface area contributed by atoms with Crippen molar-refractivity contribution in [3.05, 3.63) is 47.5 Å². The summed E-state index contributed by atoms with van der Waals surface area (Å²) in [6.45, 7) is 6.51.